The second-order valence-corrected chi connectivity index (χ2v) is 8.32. The average Bonchev–Trinajstić information content (AvgIpc) is 3.54. The molecule has 3 aromatic heterocycles. The molecule has 176 valence electrons. The van der Waals surface area contributed by atoms with Crippen LogP contribution < -0.4 is 0 Å². The predicted octanol–water partition coefficient (Wildman–Crippen LogP) is 4.67. The Morgan fingerprint density at radius 2 is 1.82 bits per heavy atom. The molecule has 0 radical (unpaired) electrons. The van der Waals surface area contributed by atoms with Crippen molar-refractivity contribution in [3.8, 4) is 22.6 Å². The van der Waals surface area contributed by atoms with Crippen LogP contribution in [-0.2, 0) is 13.0 Å². The van der Waals surface area contributed by atoms with Crippen molar-refractivity contribution in [3.05, 3.63) is 59.8 Å². The largest absolute Gasteiger partial charge is 0.291 e. The van der Waals surface area contributed by atoms with Gasteiger partial charge in [-0.25, -0.2) is 9.67 Å². The summed E-state index contributed by atoms with van der Waals surface area (Å²) in [6.45, 7) is 5.01. The smallest absolute Gasteiger partial charge is 0.217 e. The van der Waals surface area contributed by atoms with Gasteiger partial charge in [-0.05, 0) is 29.7 Å². The Kier molecular flexibility index (Phi) is 7.85. The molecular weight excluding hydrogens is 428 g/mol. The van der Waals surface area contributed by atoms with Crippen LogP contribution in [0.2, 0.25) is 0 Å². The lowest BCUT2D eigenvalue weighted by Crippen LogP contribution is -2.07. The van der Waals surface area contributed by atoms with Crippen molar-refractivity contribution in [3.63, 3.8) is 0 Å². The standard InChI is InChI=1S/C25H30N8O/c1-3-5-9-15-33-23(27-25(30-33)22(34)12-6-4-2)16-18-13-14-21(26-17-18)19-10-7-8-11-20(19)24-28-31-32-29-24/h7-8,10-11,13-14,17H,3-6,9,12,15-16H2,1-2H3,(H,28,29,31,32). The van der Waals surface area contributed by atoms with Gasteiger partial charge in [-0.3, -0.25) is 9.78 Å². The number of carbonyl (C=O) groups excluding carboxylic acids is 1. The molecule has 1 aromatic carbocycles. The molecule has 1 N–H and O–H groups in total. The van der Waals surface area contributed by atoms with Crippen molar-refractivity contribution in [2.75, 3.05) is 0 Å². The first kappa shape index (κ1) is 23.4. The van der Waals surface area contributed by atoms with Gasteiger partial charge in [-0.2, -0.15) is 5.21 Å². The van der Waals surface area contributed by atoms with Crippen molar-refractivity contribution in [2.24, 2.45) is 0 Å². The fourth-order valence-corrected chi connectivity index (χ4v) is 3.81. The van der Waals surface area contributed by atoms with Crippen molar-refractivity contribution >= 4 is 5.78 Å². The van der Waals surface area contributed by atoms with E-state index in [1.165, 1.54) is 0 Å². The minimum Gasteiger partial charge on any atom is -0.291 e. The third kappa shape index (κ3) is 5.59. The average molecular weight is 459 g/mol. The summed E-state index contributed by atoms with van der Waals surface area (Å²) in [6.07, 6.45) is 8.01. The van der Waals surface area contributed by atoms with Gasteiger partial charge in [0.15, 0.2) is 0 Å². The lowest BCUT2D eigenvalue weighted by molar-refractivity contribution is 0.0969. The molecule has 0 amide bonds. The summed E-state index contributed by atoms with van der Waals surface area (Å²) in [7, 11) is 0. The van der Waals surface area contributed by atoms with Gasteiger partial charge in [0, 0.05) is 36.7 Å². The third-order valence-electron chi connectivity index (χ3n) is 5.70. The Labute approximate surface area is 199 Å². The highest BCUT2D eigenvalue weighted by molar-refractivity contribution is 5.92. The van der Waals surface area contributed by atoms with Crippen molar-refractivity contribution in [1.82, 2.24) is 40.4 Å². The van der Waals surface area contributed by atoms with Crippen LogP contribution >= 0.6 is 0 Å². The number of hydrogen-bond acceptors (Lipinski definition) is 7. The normalized spacial score (nSPS) is 11.1. The summed E-state index contributed by atoms with van der Waals surface area (Å²) in [5.41, 5.74) is 3.63. The van der Waals surface area contributed by atoms with Gasteiger partial charge < -0.3 is 0 Å². The zero-order valence-corrected chi connectivity index (χ0v) is 19.7. The maximum Gasteiger partial charge on any atom is 0.217 e. The van der Waals surface area contributed by atoms with E-state index in [0.29, 0.717) is 24.5 Å². The molecule has 0 aliphatic carbocycles. The fourth-order valence-electron chi connectivity index (χ4n) is 3.81. The summed E-state index contributed by atoms with van der Waals surface area (Å²) >= 11 is 0. The first-order valence-corrected chi connectivity index (χ1v) is 11.9. The number of pyridine rings is 1. The molecule has 0 spiro atoms. The molecule has 4 rings (SSSR count). The maximum atomic E-state index is 12.5. The van der Waals surface area contributed by atoms with E-state index in [-0.39, 0.29) is 5.78 Å². The number of nitrogens with zero attached hydrogens (tertiary/aromatic N) is 7. The number of carbonyl (C=O) groups is 1. The summed E-state index contributed by atoms with van der Waals surface area (Å²) in [4.78, 5) is 21.8. The first-order chi connectivity index (χ1) is 16.7. The van der Waals surface area contributed by atoms with Crippen molar-refractivity contribution in [2.45, 2.75) is 65.3 Å². The molecule has 9 heteroatoms. The van der Waals surface area contributed by atoms with E-state index in [2.05, 4.69) is 44.6 Å². The molecule has 0 saturated carbocycles. The minimum absolute atomic E-state index is 0.0175. The molecule has 4 aromatic rings. The molecule has 34 heavy (non-hydrogen) atoms. The molecule has 0 fully saturated rings. The Morgan fingerprint density at radius 3 is 2.53 bits per heavy atom. The maximum absolute atomic E-state index is 12.5. The summed E-state index contributed by atoms with van der Waals surface area (Å²) in [6, 6.07) is 11.9. The summed E-state index contributed by atoms with van der Waals surface area (Å²) in [5, 5.41) is 18.9. The molecule has 0 atom stereocenters. The van der Waals surface area contributed by atoms with Gasteiger partial charge in [-0.1, -0.05) is 63.4 Å². The number of rotatable bonds is 12. The molecular formula is C25H30N8O. The number of benzene rings is 1. The van der Waals surface area contributed by atoms with Gasteiger partial charge in [0.1, 0.15) is 5.82 Å². The van der Waals surface area contributed by atoms with E-state index in [9.17, 15) is 4.79 Å². The van der Waals surface area contributed by atoms with E-state index in [1.54, 1.807) is 0 Å². The lowest BCUT2D eigenvalue weighted by Gasteiger charge is -2.08. The summed E-state index contributed by atoms with van der Waals surface area (Å²) < 4.78 is 1.90. The first-order valence-electron chi connectivity index (χ1n) is 11.9. The number of nitrogens with one attached hydrogen (secondary N) is 1. The minimum atomic E-state index is 0.0175. The number of aromatic amines is 1. The molecule has 0 aliphatic heterocycles. The van der Waals surface area contributed by atoms with E-state index in [1.807, 2.05) is 47.3 Å². The van der Waals surface area contributed by atoms with Crippen LogP contribution in [-0.4, -0.2) is 46.2 Å². The number of aromatic nitrogens is 8. The molecule has 9 nitrogen and oxygen atoms in total. The molecule has 0 unspecified atom stereocenters. The van der Waals surface area contributed by atoms with Gasteiger partial charge in [0.05, 0.1) is 5.69 Å². The monoisotopic (exact) mass is 458 g/mol. The van der Waals surface area contributed by atoms with Crippen LogP contribution in [0.1, 0.15) is 74.4 Å². The van der Waals surface area contributed by atoms with Crippen LogP contribution in [0, 0.1) is 0 Å². The molecule has 0 saturated heterocycles. The highest BCUT2D eigenvalue weighted by atomic mass is 16.1. The Balaban J connectivity index is 1.55. The number of aryl methyl sites for hydroxylation is 1. The van der Waals surface area contributed by atoms with Crippen LogP contribution in [0.3, 0.4) is 0 Å². The van der Waals surface area contributed by atoms with Gasteiger partial charge in [0.25, 0.3) is 0 Å². The Bertz CT molecular complexity index is 1200. The van der Waals surface area contributed by atoms with E-state index >= 15 is 0 Å². The highest BCUT2D eigenvalue weighted by Gasteiger charge is 2.17. The SMILES string of the molecule is CCCCCn1nc(C(=O)CCCC)nc1Cc1ccc(-c2ccccc2-c2nn[nH]n2)nc1. The van der Waals surface area contributed by atoms with Crippen LogP contribution in [0.5, 0.6) is 0 Å². The lowest BCUT2D eigenvalue weighted by atomic mass is 10.0. The van der Waals surface area contributed by atoms with Crippen LogP contribution in [0.4, 0.5) is 0 Å². The van der Waals surface area contributed by atoms with E-state index in [0.717, 1.165) is 66.9 Å². The van der Waals surface area contributed by atoms with E-state index in [4.69, 9.17) is 4.98 Å². The highest BCUT2D eigenvalue weighted by Crippen LogP contribution is 2.28. The van der Waals surface area contributed by atoms with Crippen molar-refractivity contribution < 1.29 is 4.79 Å². The second kappa shape index (κ2) is 11.4. The topological polar surface area (TPSA) is 115 Å². The van der Waals surface area contributed by atoms with Crippen LogP contribution in [0.15, 0.2) is 42.6 Å². The summed E-state index contributed by atoms with van der Waals surface area (Å²) in [5.74, 6) is 1.68. The zero-order chi connectivity index (χ0) is 23.8. The fraction of sp³-hybridized carbons (Fsp3) is 0.400. The number of tetrazole rings is 1. The Hall–Kier alpha value is -3.75. The van der Waals surface area contributed by atoms with Gasteiger partial charge in [-0.15, -0.1) is 15.3 Å². The number of unbranched alkanes of at least 4 members (excludes halogenated alkanes) is 3. The number of H-pyrrole nitrogens is 1. The number of Topliss-reactive ketones (excluding diaryl/α,β-unsaturated/α-hetero) is 1. The van der Waals surface area contributed by atoms with Crippen LogP contribution in [0.25, 0.3) is 22.6 Å². The zero-order valence-electron chi connectivity index (χ0n) is 19.7. The Morgan fingerprint density at radius 1 is 1.00 bits per heavy atom. The van der Waals surface area contributed by atoms with Gasteiger partial charge >= 0.3 is 0 Å². The van der Waals surface area contributed by atoms with Gasteiger partial charge in [0.2, 0.25) is 17.4 Å². The quantitative estimate of drug-likeness (QED) is 0.242. The van der Waals surface area contributed by atoms with Crippen molar-refractivity contribution in [1.29, 1.82) is 0 Å². The third-order valence-corrected chi connectivity index (χ3v) is 5.70. The molecule has 3 heterocycles. The number of ketones is 1. The predicted molar refractivity (Wildman–Crippen MR) is 129 cm³/mol. The second-order valence-electron chi connectivity index (χ2n) is 8.32. The molecule has 0 bridgehead atoms. The number of hydrogen-bond donors (Lipinski definition) is 1. The molecule has 0 aliphatic rings. The van der Waals surface area contributed by atoms with E-state index < -0.39 is 0 Å².